The lowest BCUT2D eigenvalue weighted by atomic mass is 9.64. The molecule has 0 aromatic heterocycles. The number of alkyl halides is 1. The molecular weight excluding hydrogens is 221 g/mol. The van der Waals surface area contributed by atoms with Gasteiger partial charge in [0.1, 0.15) is 11.3 Å². The van der Waals surface area contributed by atoms with Crippen LogP contribution in [0.4, 0.5) is 9.18 Å². The van der Waals surface area contributed by atoms with Gasteiger partial charge in [0.05, 0.1) is 0 Å². The lowest BCUT2D eigenvalue weighted by Crippen LogP contribution is -2.58. The third-order valence-corrected chi connectivity index (χ3v) is 3.92. The smallest absolute Gasteiger partial charge is 0.408 e. The summed E-state index contributed by atoms with van der Waals surface area (Å²) in [5.74, 6) is 0. The predicted molar refractivity (Wildman–Crippen MR) is 63.6 cm³/mol. The second-order valence-corrected chi connectivity index (χ2v) is 6.56. The highest BCUT2D eigenvalue weighted by molar-refractivity contribution is 5.69. The van der Waals surface area contributed by atoms with Crippen molar-refractivity contribution in [1.82, 2.24) is 5.32 Å². The lowest BCUT2D eigenvalue weighted by molar-refractivity contribution is -0.0163. The van der Waals surface area contributed by atoms with Crippen LogP contribution < -0.4 is 5.32 Å². The molecule has 1 N–H and O–H groups in total. The lowest BCUT2D eigenvalue weighted by Gasteiger charge is -2.49. The average Bonchev–Trinajstić information content (AvgIpc) is 2.17. The number of rotatable bonds is 1. The van der Waals surface area contributed by atoms with Crippen LogP contribution in [0.15, 0.2) is 0 Å². The minimum absolute atomic E-state index is 0.212. The van der Waals surface area contributed by atoms with Crippen molar-refractivity contribution in [3.05, 3.63) is 0 Å². The molecule has 3 saturated carbocycles. The molecule has 3 nitrogen and oxygen atoms in total. The molecule has 3 rings (SSSR count). The minimum Gasteiger partial charge on any atom is -0.444 e. The van der Waals surface area contributed by atoms with E-state index in [9.17, 15) is 9.18 Å². The number of hydrogen-bond donors (Lipinski definition) is 1. The van der Waals surface area contributed by atoms with Crippen molar-refractivity contribution in [2.45, 2.75) is 76.1 Å². The number of halogens is 1. The molecule has 0 radical (unpaired) electrons. The standard InChI is InChI=1S/C13H22FNO2/c1-11(2,3)17-10(16)15-13-7-4-12(14,5-8-13)6-9-13/h4-9H2,1-3H3,(H,15,16). The summed E-state index contributed by atoms with van der Waals surface area (Å²) in [7, 11) is 0. The largest absolute Gasteiger partial charge is 0.444 e. The van der Waals surface area contributed by atoms with Crippen molar-refractivity contribution < 1.29 is 13.9 Å². The van der Waals surface area contributed by atoms with Crippen molar-refractivity contribution in [2.24, 2.45) is 0 Å². The molecule has 98 valence electrons. The van der Waals surface area contributed by atoms with Gasteiger partial charge < -0.3 is 10.1 Å². The number of amides is 1. The zero-order valence-electron chi connectivity index (χ0n) is 10.9. The van der Waals surface area contributed by atoms with Crippen molar-refractivity contribution >= 4 is 6.09 Å². The van der Waals surface area contributed by atoms with Crippen LogP contribution in [0.5, 0.6) is 0 Å². The van der Waals surface area contributed by atoms with Gasteiger partial charge in [0.2, 0.25) is 0 Å². The molecule has 3 aliphatic carbocycles. The normalized spacial score (nSPS) is 36.7. The van der Waals surface area contributed by atoms with Gasteiger partial charge in [-0.1, -0.05) is 0 Å². The molecule has 0 spiro atoms. The topological polar surface area (TPSA) is 38.3 Å². The van der Waals surface area contributed by atoms with Crippen LogP contribution in [0.3, 0.4) is 0 Å². The van der Waals surface area contributed by atoms with Crippen molar-refractivity contribution in [3.8, 4) is 0 Å². The van der Waals surface area contributed by atoms with E-state index in [2.05, 4.69) is 5.32 Å². The maximum Gasteiger partial charge on any atom is 0.408 e. The van der Waals surface area contributed by atoms with Crippen LogP contribution in [0.25, 0.3) is 0 Å². The fourth-order valence-electron chi connectivity index (χ4n) is 2.85. The average molecular weight is 243 g/mol. The molecule has 0 unspecified atom stereocenters. The van der Waals surface area contributed by atoms with Crippen molar-refractivity contribution in [2.75, 3.05) is 0 Å². The Kier molecular flexibility index (Phi) is 2.87. The molecule has 2 bridgehead atoms. The van der Waals surface area contributed by atoms with Gasteiger partial charge >= 0.3 is 6.09 Å². The minimum atomic E-state index is -0.961. The number of nitrogens with one attached hydrogen (secondary N) is 1. The first-order valence-corrected chi connectivity index (χ1v) is 6.42. The van der Waals surface area contributed by atoms with E-state index in [0.717, 1.165) is 19.3 Å². The van der Waals surface area contributed by atoms with Crippen LogP contribution in [0, 0.1) is 0 Å². The van der Waals surface area contributed by atoms with Gasteiger partial charge in [-0.15, -0.1) is 0 Å². The van der Waals surface area contributed by atoms with E-state index in [1.54, 1.807) is 0 Å². The predicted octanol–water partition coefficient (Wildman–Crippen LogP) is 3.33. The van der Waals surface area contributed by atoms with Crippen LogP contribution in [0.1, 0.15) is 59.3 Å². The molecule has 0 atom stereocenters. The summed E-state index contributed by atoms with van der Waals surface area (Å²) in [6, 6.07) is 0. The third kappa shape index (κ3) is 2.90. The zero-order valence-corrected chi connectivity index (χ0v) is 10.9. The first-order valence-electron chi connectivity index (χ1n) is 6.42. The SMILES string of the molecule is CC(C)(C)OC(=O)NC12CCC(F)(CC1)CC2. The van der Waals surface area contributed by atoms with E-state index in [1.165, 1.54) is 0 Å². The monoisotopic (exact) mass is 243 g/mol. The van der Waals surface area contributed by atoms with E-state index in [4.69, 9.17) is 4.74 Å². The Labute approximate surface area is 102 Å². The Morgan fingerprint density at radius 2 is 1.59 bits per heavy atom. The molecule has 0 aliphatic heterocycles. The summed E-state index contributed by atoms with van der Waals surface area (Å²) in [6.07, 6.45) is 3.56. The summed E-state index contributed by atoms with van der Waals surface area (Å²) in [6.45, 7) is 5.54. The summed E-state index contributed by atoms with van der Waals surface area (Å²) < 4.78 is 19.2. The Morgan fingerprint density at radius 3 is 2.00 bits per heavy atom. The Hall–Kier alpha value is -0.800. The van der Waals surface area contributed by atoms with E-state index >= 15 is 0 Å². The van der Waals surface area contributed by atoms with Gasteiger partial charge in [-0.2, -0.15) is 0 Å². The fraction of sp³-hybridized carbons (Fsp3) is 0.923. The second-order valence-electron chi connectivity index (χ2n) is 6.56. The van der Waals surface area contributed by atoms with Gasteiger partial charge in [0, 0.05) is 5.54 Å². The number of ether oxygens (including phenoxy) is 1. The first-order chi connectivity index (χ1) is 7.72. The molecule has 0 aromatic carbocycles. The first kappa shape index (κ1) is 12.7. The molecule has 0 saturated heterocycles. The van der Waals surface area contributed by atoms with Gasteiger partial charge in [-0.25, -0.2) is 9.18 Å². The molecule has 3 aliphatic rings. The summed E-state index contributed by atoms with van der Waals surface area (Å²) in [5.41, 5.74) is -1.65. The van der Waals surface area contributed by atoms with Crippen molar-refractivity contribution in [3.63, 3.8) is 0 Å². The summed E-state index contributed by atoms with van der Waals surface area (Å²) in [5, 5.41) is 2.97. The van der Waals surface area contributed by atoms with Crippen LogP contribution in [0.2, 0.25) is 0 Å². The highest BCUT2D eigenvalue weighted by Gasteiger charge is 2.50. The second kappa shape index (κ2) is 3.85. The highest BCUT2D eigenvalue weighted by atomic mass is 19.1. The Balaban J connectivity index is 1.93. The molecule has 17 heavy (non-hydrogen) atoms. The van der Waals surface area contributed by atoms with E-state index in [1.807, 2.05) is 20.8 Å². The zero-order chi connectivity index (χ0) is 12.7. The number of carbonyl (C=O) groups excluding carboxylic acids is 1. The number of hydrogen-bond acceptors (Lipinski definition) is 2. The Morgan fingerprint density at radius 1 is 1.12 bits per heavy atom. The fourth-order valence-corrected chi connectivity index (χ4v) is 2.85. The van der Waals surface area contributed by atoms with Gasteiger partial charge in [-0.05, 0) is 59.3 Å². The van der Waals surface area contributed by atoms with Gasteiger partial charge in [0.25, 0.3) is 0 Å². The van der Waals surface area contributed by atoms with Gasteiger partial charge in [0.15, 0.2) is 0 Å². The molecule has 0 aromatic rings. The van der Waals surface area contributed by atoms with E-state index < -0.39 is 11.3 Å². The van der Waals surface area contributed by atoms with E-state index in [-0.39, 0.29) is 11.6 Å². The molecule has 1 amide bonds. The number of alkyl carbamates (subject to hydrolysis) is 1. The molecule has 0 heterocycles. The maximum absolute atomic E-state index is 14.0. The molecule has 3 fully saturated rings. The van der Waals surface area contributed by atoms with Crippen molar-refractivity contribution in [1.29, 1.82) is 0 Å². The van der Waals surface area contributed by atoms with E-state index in [0.29, 0.717) is 19.3 Å². The summed E-state index contributed by atoms with van der Waals surface area (Å²) in [4.78, 5) is 11.8. The summed E-state index contributed by atoms with van der Waals surface area (Å²) >= 11 is 0. The number of carbonyl (C=O) groups is 1. The van der Waals surface area contributed by atoms with Crippen LogP contribution in [-0.2, 0) is 4.74 Å². The quantitative estimate of drug-likeness (QED) is 0.767. The Bertz CT molecular complexity index is 297. The third-order valence-electron chi connectivity index (χ3n) is 3.92. The maximum atomic E-state index is 14.0. The molecule has 4 heteroatoms. The van der Waals surface area contributed by atoms with Gasteiger partial charge in [-0.3, -0.25) is 0 Å². The highest BCUT2D eigenvalue weighted by Crippen LogP contribution is 2.48. The number of fused-ring (bicyclic) bond motifs is 3. The van der Waals surface area contributed by atoms with Crippen LogP contribution >= 0.6 is 0 Å². The van der Waals surface area contributed by atoms with Crippen LogP contribution in [-0.4, -0.2) is 22.9 Å². The molecular formula is C13H22FNO2.